The van der Waals surface area contributed by atoms with E-state index in [1.54, 1.807) is 0 Å². The van der Waals surface area contributed by atoms with Gasteiger partial charge in [-0.15, -0.1) is 24.8 Å². The molecule has 15 heavy (non-hydrogen) atoms. The van der Waals surface area contributed by atoms with Gasteiger partial charge < -0.3 is 10.2 Å². The third-order valence-electron chi connectivity index (χ3n) is 4.66. The van der Waals surface area contributed by atoms with E-state index in [2.05, 4.69) is 17.3 Å². The molecule has 2 unspecified atom stereocenters. The van der Waals surface area contributed by atoms with Crippen LogP contribution in [0.5, 0.6) is 0 Å². The highest BCUT2D eigenvalue weighted by molar-refractivity contribution is 5.85. The highest BCUT2D eigenvalue weighted by Gasteiger charge is 2.60. The van der Waals surface area contributed by atoms with E-state index >= 15 is 0 Å². The molecule has 0 spiro atoms. The first kappa shape index (κ1) is 13.6. The summed E-state index contributed by atoms with van der Waals surface area (Å²) in [6.45, 7) is 5.30. The number of hydrogen-bond donors (Lipinski definition) is 1. The maximum atomic E-state index is 3.56. The van der Waals surface area contributed by atoms with Crippen LogP contribution in [0.25, 0.3) is 0 Å². The van der Waals surface area contributed by atoms with Crippen molar-refractivity contribution < 1.29 is 0 Å². The van der Waals surface area contributed by atoms with E-state index < -0.39 is 0 Å². The summed E-state index contributed by atoms with van der Waals surface area (Å²) in [5, 5.41) is 3.56. The second-order valence-electron chi connectivity index (χ2n) is 5.34. The Morgan fingerprint density at radius 2 is 1.80 bits per heavy atom. The van der Waals surface area contributed by atoms with E-state index in [-0.39, 0.29) is 24.8 Å². The molecule has 2 nitrogen and oxygen atoms in total. The zero-order chi connectivity index (χ0) is 8.89. The van der Waals surface area contributed by atoms with E-state index in [0.29, 0.717) is 0 Å². The highest BCUT2D eigenvalue weighted by Crippen LogP contribution is 2.62. The topological polar surface area (TPSA) is 15.3 Å². The van der Waals surface area contributed by atoms with Crippen LogP contribution in [0, 0.1) is 17.3 Å². The minimum Gasteiger partial charge on any atom is -0.316 e. The Hall–Kier alpha value is 0.500. The Balaban J connectivity index is 0.000000562. The SMILES string of the molecule is CN1CCC(C23CNCC2C3)CC1.Cl.Cl. The van der Waals surface area contributed by atoms with Crippen molar-refractivity contribution in [1.29, 1.82) is 0 Å². The number of hydrogen-bond acceptors (Lipinski definition) is 2. The molecule has 0 aromatic carbocycles. The molecule has 90 valence electrons. The van der Waals surface area contributed by atoms with E-state index in [4.69, 9.17) is 0 Å². The average molecular weight is 253 g/mol. The number of fused-ring (bicyclic) bond motifs is 1. The molecule has 2 saturated heterocycles. The third-order valence-corrected chi connectivity index (χ3v) is 4.66. The molecular weight excluding hydrogens is 231 g/mol. The lowest BCUT2D eigenvalue weighted by atomic mass is 9.81. The van der Waals surface area contributed by atoms with Gasteiger partial charge in [-0.05, 0) is 63.2 Å². The molecule has 0 radical (unpaired) electrons. The van der Waals surface area contributed by atoms with Crippen LogP contribution >= 0.6 is 24.8 Å². The lowest BCUT2D eigenvalue weighted by Crippen LogP contribution is -2.36. The number of piperidine rings is 2. The first-order valence-electron chi connectivity index (χ1n) is 5.70. The fourth-order valence-electron chi connectivity index (χ4n) is 3.60. The number of nitrogens with one attached hydrogen (secondary N) is 1. The molecule has 0 aromatic rings. The second-order valence-corrected chi connectivity index (χ2v) is 5.34. The van der Waals surface area contributed by atoms with Crippen LogP contribution in [0.15, 0.2) is 0 Å². The second kappa shape index (κ2) is 4.79. The van der Waals surface area contributed by atoms with Crippen LogP contribution in [0.3, 0.4) is 0 Å². The Kier molecular flexibility index (Phi) is 4.33. The molecule has 2 atom stereocenters. The highest BCUT2D eigenvalue weighted by atomic mass is 35.5. The fraction of sp³-hybridized carbons (Fsp3) is 1.00. The molecule has 3 rings (SSSR count). The van der Waals surface area contributed by atoms with Crippen LogP contribution in [-0.2, 0) is 0 Å². The quantitative estimate of drug-likeness (QED) is 0.766. The predicted molar refractivity (Wildman–Crippen MR) is 68.1 cm³/mol. The maximum Gasteiger partial charge on any atom is 0.00139 e. The van der Waals surface area contributed by atoms with Crippen LogP contribution in [-0.4, -0.2) is 38.1 Å². The summed E-state index contributed by atoms with van der Waals surface area (Å²) in [6.07, 6.45) is 4.44. The molecule has 1 saturated carbocycles. The number of rotatable bonds is 1. The van der Waals surface area contributed by atoms with E-state index in [1.807, 2.05) is 0 Å². The molecule has 1 N–H and O–H groups in total. The molecule has 1 aliphatic carbocycles. The van der Waals surface area contributed by atoms with Crippen LogP contribution in [0.1, 0.15) is 19.3 Å². The summed E-state index contributed by atoms with van der Waals surface area (Å²) >= 11 is 0. The molecule has 3 fully saturated rings. The van der Waals surface area contributed by atoms with Gasteiger partial charge in [0.2, 0.25) is 0 Å². The van der Waals surface area contributed by atoms with Crippen molar-refractivity contribution in [2.45, 2.75) is 19.3 Å². The summed E-state index contributed by atoms with van der Waals surface area (Å²) in [7, 11) is 2.26. The van der Waals surface area contributed by atoms with Gasteiger partial charge in [0.05, 0.1) is 0 Å². The largest absolute Gasteiger partial charge is 0.316 e. The van der Waals surface area contributed by atoms with Gasteiger partial charge in [0, 0.05) is 6.54 Å². The van der Waals surface area contributed by atoms with Gasteiger partial charge in [-0.25, -0.2) is 0 Å². The monoisotopic (exact) mass is 252 g/mol. The van der Waals surface area contributed by atoms with Crippen molar-refractivity contribution >= 4 is 24.8 Å². The van der Waals surface area contributed by atoms with Crippen molar-refractivity contribution in [2.75, 3.05) is 33.2 Å². The standard InChI is InChI=1S/C11H20N2.2ClH/c1-13-4-2-9(3-5-13)11-6-10(11)7-12-8-11;;/h9-10,12H,2-8H2,1H3;2*1H. The Morgan fingerprint density at radius 3 is 2.27 bits per heavy atom. The fourth-order valence-corrected chi connectivity index (χ4v) is 3.60. The zero-order valence-corrected chi connectivity index (χ0v) is 11.0. The van der Waals surface area contributed by atoms with Crippen molar-refractivity contribution in [3.8, 4) is 0 Å². The van der Waals surface area contributed by atoms with Crippen LogP contribution in [0.2, 0.25) is 0 Å². The first-order chi connectivity index (χ1) is 6.31. The summed E-state index contributed by atoms with van der Waals surface area (Å²) in [6, 6.07) is 0. The van der Waals surface area contributed by atoms with Gasteiger partial charge in [0.25, 0.3) is 0 Å². The van der Waals surface area contributed by atoms with Gasteiger partial charge in [-0.1, -0.05) is 0 Å². The summed E-state index contributed by atoms with van der Waals surface area (Å²) in [5.41, 5.74) is 0.779. The molecule has 4 heteroatoms. The van der Waals surface area contributed by atoms with Gasteiger partial charge in [-0.3, -0.25) is 0 Å². The molecule has 2 heterocycles. The molecule has 3 aliphatic rings. The van der Waals surface area contributed by atoms with Crippen molar-refractivity contribution in [1.82, 2.24) is 10.2 Å². The van der Waals surface area contributed by atoms with Crippen molar-refractivity contribution in [3.63, 3.8) is 0 Å². The van der Waals surface area contributed by atoms with Crippen molar-refractivity contribution in [2.24, 2.45) is 17.3 Å². The average Bonchev–Trinajstić information content (AvgIpc) is 2.71. The normalized spacial score (nSPS) is 40.2. The van der Waals surface area contributed by atoms with Gasteiger partial charge in [-0.2, -0.15) is 0 Å². The lowest BCUT2D eigenvalue weighted by Gasteiger charge is -2.33. The maximum absolute atomic E-state index is 3.56. The number of likely N-dealkylation sites (tertiary alicyclic amines) is 1. The van der Waals surface area contributed by atoms with Crippen molar-refractivity contribution in [3.05, 3.63) is 0 Å². The third kappa shape index (κ3) is 2.14. The Labute approximate surface area is 105 Å². The van der Waals surface area contributed by atoms with Gasteiger partial charge in [0.1, 0.15) is 0 Å². The van der Waals surface area contributed by atoms with Crippen LogP contribution < -0.4 is 5.32 Å². The molecule has 0 bridgehead atoms. The first-order valence-corrected chi connectivity index (χ1v) is 5.70. The minimum atomic E-state index is 0. The summed E-state index contributed by atoms with van der Waals surface area (Å²) in [5.74, 6) is 2.10. The Bertz CT molecular complexity index is 217. The molecule has 0 amide bonds. The summed E-state index contributed by atoms with van der Waals surface area (Å²) in [4.78, 5) is 2.48. The zero-order valence-electron chi connectivity index (χ0n) is 9.37. The van der Waals surface area contributed by atoms with Gasteiger partial charge in [0.15, 0.2) is 0 Å². The number of halogens is 2. The van der Waals surface area contributed by atoms with E-state index in [1.165, 1.54) is 45.4 Å². The minimum absolute atomic E-state index is 0. The number of nitrogens with zero attached hydrogens (tertiary/aromatic N) is 1. The van der Waals surface area contributed by atoms with Gasteiger partial charge >= 0.3 is 0 Å². The molecular formula is C11H22Cl2N2. The smallest absolute Gasteiger partial charge is 0.00139 e. The van der Waals surface area contributed by atoms with E-state index in [0.717, 1.165) is 17.3 Å². The Morgan fingerprint density at radius 1 is 1.13 bits per heavy atom. The van der Waals surface area contributed by atoms with E-state index in [9.17, 15) is 0 Å². The molecule has 2 aliphatic heterocycles. The van der Waals surface area contributed by atoms with Crippen LogP contribution in [0.4, 0.5) is 0 Å². The predicted octanol–water partition coefficient (Wildman–Crippen LogP) is 1.78. The molecule has 0 aromatic heterocycles. The summed E-state index contributed by atoms with van der Waals surface area (Å²) < 4.78 is 0. The lowest BCUT2D eigenvalue weighted by molar-refractivity contribution is 0.159.